The van der Waals surface area contributed by atoms with Crippen molar-refractivity contribution in [1.29, 1.82) is 0 Å². The Hall–Kier alpha value is -3.06. The highest BCUT2D eigenvalue weighted by molar-refractivity contribution is 6.11. The molecular formula is C25H21N. The van der Waals surface area contributed by atoms with Gasteiger partial charge in [0.05, 0.1) is 11.0 Å². The van der Waals surface area contributed by atoms with E-state index in [1.165, 1.54) is 44.2 Å². The van der Waals surface area contributed by atoms with Crippen LogP contribution >= 0.6 is 0 Å². The molecule has 1 aliphatic carbocycles. The molecule has 0 unspecified atom stereocenters. The first-order valence-corrected chi connectivity index (χ1v) is 9.27. The van der Waals surface area contributed by atoms with Crippen molar-refractivity contribution in [3.63, 3.8) is 0 Å². The summed E-state index contributed by atoms with van der Waals surface area (Å²) in [6.45, 7) is 2.13. The third-order valence-corrected chi connectivity index (χ3v) is 5.34. The first-order valence-electron chi connectivity index (χ1n) is 9.27. The van der Waals surface area contributed by atoms with Crippen LogP contribution in [0.2, 0.25) is 0 Å². The molecule has 0 saturated carbocycles. The number of fused-ring (bicyclic) bond motifs is 3. The van der Waals surface area contributed by atoms with Crippen LogP contribution in [0.25, 0.3) is 38.6 Å². The number of benzene rings is 3. The van der Waals surface area contributed by atoms with Crippen LogP contribution in [-0.2, 0) is 0 Å². The van der Waals surface area contributed by atoms with Gasteiger partial charge in [-0.1, -0.05) is 66.2 Å². The Morgan fingerprint density at radius 3 is 2.35 bits per heavy atom. The molecule has 0 amide bonds. The molecule has 0 fully saturated rings. The number of allylic oxidation sites excluding steroid dienone is 4. The van der Waals surface area contributed by atoms with Gasteiger partial charge >= 0.3 is 0 Å². The average Bonchev–Trinajstić information content (AvgIpc) is 3.03. The number of hydrogen-bond donors (Lipinski definition) is 0. The largest absolute Gasteiger partial charge is 0.313 e. The lowest BCUT2D eigenvalue weighted by Gasteiger charge is -2.14. The lowest BCUT2D eigenvalue weighted by molar-refractivity contribution is 0.979. The molecule has 26 heavy (non-hydrogen) atoms. The maximum absolute atomic E-state index is 2.44. The van der Waals surface area contributed by atoms with Crippen LogP contribution < -0.4 is 0 Å². The standard InChI is InChI=1S/C25H21N/c1-18-11-13-19(14-12-18)20-15-16-25-23(17-20)22-9-5-6-10-24(22)26(25)21-7-3-2-4-8-21/h2-3,5-7,9-17H,4,8H2,1H3. The molecule has 5 rings (SSSR count). The monoisotopic (exact) mass is 335 g/mol. The molecule has 0 bridgehead atoms. The zero-order chi connectivity index (χ0) is 17.5. The lowest BCUT2D eigenvalue weighted by atomic mass is 10.0. The van der Waals surface area contributed by atoms with E-state index in [4.69, 9.17) is 0 Å². The smallest absolute Gasteiger partial charge is 0.0538 e. The summed E-state index contributed by atoms with van der Waals surface area (Å²) in [6.07, 6.45) is 8.88. The maximum atomic E-state index is 2.44. The summed E-state index contributed by atoms with van der Waals surface area (Å²) in [5.41, 5.74) is 7.81. The molecule has 1 nitrogen and oxygen atoms in total. The van der Waals surface area contributed by atoms with Gasteiger partial charge in [0.25, 0.3) is 0 Å². The molecule has 1 heteroatoms. The predicted molar refractivity (Wildman–Crippen MR) is 112 cm³/mol. The molecule has 1 heterocycles. The van der Waals surface area contributed by atoms with Gasteiger partial charge in [-0.15, -0.1) is 0 Å². The molecule has 3 aromatic carbocycles. The minimum absolute atomic E-state index is 1.09. The highest BCUT2D eigenvalue weighted by atomic mass is 15.0. The van der Waals surface area contributed by atoms with Crippen LogP contribution in [0.5, 0.6) is 0 Å². The van der Waals surface area contributed by atoms with Crippen molar-refractivity contribution >= 4 is 27.5 Å². The van der Waals surface area contributed by atoms with Crippen molar-refractivity contribution in [3.05, 3.63) is 90.5 Å². The van der Waals surface area contributed by atoms with Crippen LogP contribution in [0.4, 0.5) is 0 Å². The number of para-hydroxylation sites is 1. The van der Waals surface area contributed by atoms with Crippen LogP contribution in [0, 0.1) is 6.92 Å². The van der Waals surface area contributed by atoms with E-state index in [9.17, 15) is 0 Å². The molecule has 0 N–H and O–H groups in total. The number of nitrogens with zero attached hydrogens (tertiary/aromatic N) is 1. The SMILES string of the molecule is Cc1ccc(-c2ccc3c(c2)c2ccccc2n3C2=CC=CCC2)cc1. The van der Waals surface area contributed by atoms with E-state index in [1.54, 1.807) is 0 Å². The van der Waals surface area contributed by atoms with Gasteiger partial charge < -0.3 is 4.57 Å². The fourth-order valence-electron chi connectivity index (χ4n) is 3.98. The summed E-state index contributed by atoms with van der Waals surface area (Å²) < 4.78 is 2.44. The zero-order valence-corrected chi connectivity index (χ0v) is 14.9. The third kappa shape index (κ3) is 2.40. The fraction of sp³-hybridized carbons (Fsp3) is 0.120. The number of aryl methyl sites for hydroxylation is 1. The Kier molecular flexibility index (Phi) is 3.53. The Labute approximate surface area is 153 Å². The molecule has 1 aliphatic rings. The quantitative estimate of drug-likeness (QED) is 0.373. The summed E-state index contributed by atoms with van der Waals surface area (Å²) in [5.74, 6) is 0. The van der Waals surface area contributed by atoms with Crippen LogP contribution in [0.3, 0.4) is 0 Å². The molecule has 1 aromatic heterocycles. The van der Waals surface area contributed by atoms with Gasteiger partial charge in [-0.05, 0) is 55.2 Å². The molecule has 0 spiro atoms. The van der Waals surface area contributed by atoms with Crippen molar-refractivity contribution in [3.8, 4) is 11.1 Å². The van der Waals surface area contributed by atoms with Gasteiger partial charge in [0, 0.05) is 16.5 Å². The summed E-state index contributed by atoms with van der Waals surface area (Å²) >= 11 is 0. The normalized spacial score (nSPS) is 14.1. The number of rotatable bonds is 2. The highest BCUT2D eigenvalue weighted by Gasteiger charge is 2.14. The highest BCUT2D eigenvalue weighted by Crippen LogP contribution is 2.36. The van der Waals surface area contributed by atoms with E-state index in [-0.39, 0.29) is 0 Å². The summed E-state index contributed by atoms with van der Waals surface area (Å²) in [6, 6.07) is 24.4. The minimum atomic E-state index is 1.09. The number of aromatic nitrogens is 1. The van der Waals surface area contributed by atoms with Crippen LogP contribution in [-0.4, -0.2) is 4.57 Å². The zero-order valence-electron chi connectivity index (χ0n) is 14.9. The van der Waals surface area contributed by atoms with E-state index < -0.39 is 0 Å². The Bertz CT molecular complexity index is 1170. The molecule has 126 valence electrons. The second-order valence-corrected chi connectivity index (χ2v) is 7.08. The molecular weight excluding hydrogens is 314 g/mol. The van der Waals surface area contributed by atoms with E-state index in [2.05, 4.69) is 96.4 Å². The third-order valence-electron chi connectivity index (χ3n) is 5.34. The van der Waals surface area contributed by atoms with Gasteiger partial charge in [-0.25, -0.2) is 0 Å². The molecule has 4 aromatic rings. The lowest BCUT2D eigenvalue weighted by Crippen LogP contribution is -1.98. The summed E-state index contributed by atoms with van der Waals surface area (Å²) in [7, 11) is 0. The predicted octanol–water partition coefficient (Wildman–Crippen LogP) is 6.96. The molecule has 0 aliphatic heterocycles. The van der Waals surface area contributed by atoms with Crippen molar-refractivity contribution in [2.75, 3.05) is 0 Å². The van der Waals surface area contributed by atoms with Crippen molar-refractivity contribution in [2.24, 2.45) is 0 Å². The van der Waals surface area contributed by atoms with Gasteiger partial charge in [0.15, 0.2) is 0 Å². The summed E-state index contributed by atoms with van der Waals surface area (Å²) in [4.78, 5) is 0. The van der Waals surface area contributed by atoms with Crippen molar-refractivity contribution in [1.82, 2.24) is 4.57 Å². The van der Waals surface area contributed by atoms with Gasteiger partial charge in [0.2, 0.25) is 0 Å². The second kappa shape index (κ2) is 6.03. The molecule has 0 saturated heterocycles. The van der Waals surface area contributed by atoms with E-state index in [0.29, 0.717) is 0 Å². The van der Waals surface area contributed by atoms with Crippen LogP contribution in [0.15, 0.2) is 85.0 Å². The Morgan fingerprint density at radius 1 is 0.769 bits per heavy atom. The minimum Gasteiger partial charge on any atom is -0.313 e. The molecule has 0 atom stereocenters. The Balaban J connectivity index is 1.79. The first kappa shape index (κ1) is 15.2. The average molecular weight is 335 g/mol. The van der Waals surface area contributed by atoms with Crippen molar-refractivity contribution < 1.29 is 0 Å². The summed E-state index contributed by atoms with van der Waals surface area (Å²) in [5, 5.41) is 2.65. The maximum Gasteiger partial charge on any atom is 0.0538 e. The van der Waals surface area contributed by atoms with Crippen LogP contribution in [0.1, 0.15) is 18.4 Å². The van der Waals surface area contributed by atoms with E-state index >= 15 is 0 Å². The molecule has 0 radical (unpaired) electrons. The topological polar surface area (TPSA) is 4.93 Å². The second-order valence-electron chi connectivity index (χ2n) is 7.08. The first-order chi connectivity index (χ1) is 12.8. The Morgan fingerprint density at radius 2 is 1.54 bits per heavy atom. The van der Waals surface area contributed by atoms with E-state index in [0.717, 1.165) is 12.8 Å². The van der Waals surface area contributed by atoms with Gasteiger partial charge in [0.1, 0.15) is 0 Å². The van der Waals surface area contributed by atoms with Crippen molar-refractivity contribution in [2.45, 2.75) is 19.8 Å². The van der Waals surface area contributed by atoms with Gasteiger partial charge in [-0.2, -0.15) is 0 Å². The van der Waals surface area contributed by atoms with Gasteiger partial charge in [-0.3, -0.25) is 0 Å². The number of hydrogen-bond acceptors (Lipinski definition) is 0. The fourth-order valence-corrected chi connectivity index (χ4v) is 3.98. The van der Waals surface area contributed by atoms with E-state index in [1.807, 2.05) is 0 Å².